The van der Waals surface area contributed by atoms with Gasteiger partial charge in [0.05, 0.1) is 5.75 Å². The number of hydrogen-bond acceptors (Lipinski definition) is 5. The second-order valence-corrected chi connectivity index (χ2v) is 9.56. The van der Waals surface area contributed by atoms with Crippen LogP contribution in [-0.2, 0) is 16.4 Å². The quantitative estimate of drug-likeness (QED) is 0.615. The zero-order valence-electron chi connectivity index (χ0n) is 16.5. The molecule has 2 N–H and O–H groups in total. The maximum absolute atomic E-state index is 11.9. The summed E-state index contributed by atoms with van der Waals surface area (Å²) in [6.07, 6.45) is 2.90. The maximum atomic E-state index is 11.9. The molecule has 1 aliphatic heterocycles. The molecule has 4 rings (SSSR count). The van der Waals surface area contributed by atoms with E-state index in [0.717, 1.165) is 42.9 Å². The number of hydrogen-bond donors (Lipinski definition) is 2. The number of nitrogens with one attached hydrogen (secondary N) is 2. The molecule has 2 aliphatic rings. The van der Waals surface area contributed by atoms with Gasteiger partial charge in [-0.05, 0) is 48.9 Å². The van der Waals surface area contributed by atoms with Crippen molar-refractivity contribution in [3.63, 3.8) is 0 Å². The molecular weight excluding hydrogens is 388 g/mol. The number of fused-ring (bicyclic) bond motifs is 1. The molecule has 1 saturated carbocycles. The van der Waals surface area contributed by atoms with Crippen LogP contribution < -0.4 is 19.5 Å². The van der Waals surface area contributed by atoms with Crippen molar-refractivity contribution in [2.75, 3.05) is 32.1 Å². The lowest BCUT2D eigenvalue weighted by Crippen LogP contribution is -2.31. The molecule has 6 nitrogen and oxygen atoms in total. The molecule has 1 unspecified atom stereocenters. The molecule has 2 aromatic carbocycles. The summed E-state index contributed by atoms with van der Waals surface area (Å²) in [5.41, 5.74) is 2.33. The Balaban J connectivity index is 1.37. The Morgan fingerprint density at radius 3 is 2.76 bits per heavy atom. The van der Waals surface area contributed by atoms with Crippen LogP contribution in [0.5, 0.6) is 11.5 Å². The Morgan fingerprint density at radius 2 is 1.97 bits per heavy atom. The second kappa shape index (κ2) is 9.15. The van der Waals surface area contributed by atoms with Gasteiger partial charge in [0.2, 0.25) is 10.0 Å². The largest absolute Gasteiger partial charge is 0.492 e. The number of rotatable bonds is 9. The zero-order valence-corrected chi connectivity index (χ0v) is 17.3. The first-order chi connectivity index (χ1) is 14.1. The smallest absolute Gasteiger partial charge is 0.211 e. The van der Waals surface area contributed by atoms with Crippen LogP contribution in [0.15, 0.2) is 48.5 Å². The van der Waals surface area contributed by atoms with E-state index in [1.165, 1.54) is 5.56 Å². The van der Waals surface area contributed by atoms with Crippen LogP contribution in [-0.4, -0.2) is 40.5 Å². The minimum Gasteiger partial charge on any atom is -0.492 e. The molecule has 1 fully saturated rings. The predicted octanol–water partition coefficient (Wildman–Crippen LogP) is 2.66. The van der Waals surface area contributed by atoms with Crippen molar-refractivity contribution in [2.24, 2.45) is 5.92 Å². The number of benzene rings is 2. The van der Waals surface area contributed by atoms with Gasteiger partial charge >= 0.3 is 0 Å². The van der Waals surface area contributed by atoms with Gasteiger partial charge in [-0.15, -0.1) is 0 Å². The lowest BCUT2D eigenvalue weighted by Gasteiger charge is -2.19. The molecular formula is C22H28N2O4S. The summed E-state index contributed by atoms with van der Waals surface area (Å²) in [7, 11) is -3.20. The second-order valence-electron chi connectivity index (χ2n) is 7.71. The predicted molar refractivity (Wildman–Crippen MR) is 113 cm³/mol. The summed E-state index contributed by atoms with van der Waals surface area (Å²) in [5.74, 6) is 2.16. The van der Waals surface area contributed by atoms with Crippen molar-refractivity contribution in [2.45, 2.75) is 25.3 Å². The van der Waals surface area contributed by atoms with E-state index in [1.807, 2.05) is 36.4 Å². The Kier molecular flexibility index (Phi) is 6.37. The average Bonchev–Trinajstić information content (AvgIpc) is 3.54. The van der Waals surface area contributed by atoms with Crippen molar-refractivity contribution in [3.8, 4) is 11.5 Å². The first kappa shape index (κ1) is 20.2. The Hall–Kier alpha value is -2.09. The fourth-order valence-electron chi connectivity index (χ4n) is 3.58. The summed E-state index contributed by atoms with van der Waals surface area (Å²) in [6.45, 7) is 1.97. The molecule has 1 atom stereocenters. The summed E-state index contributed by atoms with van der Waals surface area (Å²) in [5, 5.41) is 3.55. The van der Waals surface area contributed by atoms with Gasteiger partial charge < -0.3 is 14.8 Å². The van der Waals surface area contributed by atoms with Gasteiger partial charge in [-0.3, -0.25) is 0 Å². The molecule has 1 aliphatic carbocycles. The summed E-state index contributed by atoms with van der Waals surface area (Å²) >= 11 is 0. The van der Waals surface area contributed by atoms with Gasteiger partial charge in [0.1, 0.15) is 24.7 Å². The SMILES string of the molecule is O=S(=O)(CC1CC1)NCCOc1ccc2c(c1)C(Cc1ccccc1)NCCO2. The highest BCUT2D eigenvalue weighted by atomic mass is 32.2. The third-order valence-corrected chi connectivity index (χ3v) is 6.79. The van der Waals surface area contributed by atoms with E-state index in [2.05, 4.69) is 22.2 Å². The van der Waals surface area contributed by atoms with Crippen molar-refractivity contribution >= 4 is 10.0 Å². The minimum absolute atomic E-state index is 0.135. The first-order valence-corrected chi connectivity index (χ1v) is 11.9. The topological polar surface area (TPSA) is 76.7 Å². The molecule has 0 spiro atoms. The highest BCUT2D eigenvalue weighted by Gasteiger charge is 2.27. The average molecular weight is 417 g/mol. The van der Waals surface area contributed by atoms with Crippen molar-refractivity contribution in [1.29, 1.82) is 0 Å². The summed E-state index contributed by atoms with van der Waals surface area (Å²) in [6, 6.07) is 16.3. The third kappa shape index (κ3) is 5.95. The lowest BCUT2D eigenvalue weighted by atomic mass is 9.98. The van der Waals surface area contributed by atoms with E-state index in [0.29, 0.717) is 19.1 Å². The maximum Gasteiger partial charge on any atom is 0.211 e. The molecule has 0 bridgehead atoms. The third-order valence-electron chi connectivity index (χ3n) is 5.23. The number of sulfonamides is 1. The van der Waals surface area contributed by atoms with E-state index in [-0.39, 0.29) is 18.3 Å². The van der Waals surface area contributed by atoms with E-state index < -0.39 is 10.0 Å². The molecule has 7 heteroatoms. The van der Waals surface area contributed by atoms with Gasteiger partial charge in [-0.25, -0.2) is 13.1 Å². The fraction of sp³-hybridized carbons (Fsp3) is 0.455. The molecule has 1 heterocycles. The number of ether oxygens (including phenoxy) is 2. The Bertz CT molecular complexity index is 914. The van der Waals surface area contributed by atoms with E-state index >= 15 is 0 Å². The molecule has 156 valence electrons. The van der Waals surface area contributed by atoms with E-state index in [1.54, 1.807) is 0 Å². The van der Waals surface area contributed by atoms with Crippen molar-refractivity contribution in [1.82, 2.24) is 10.0 Å². The van der Waals surface area contributed by atoms with E-state index in [9.17, 15) is 8.42 Å². The normalized spacial score (nSPS) is 19.1. The first-order valence-electron chi connectivity index (χ1n) is 10.2. The van der Waals surface area contributed by atoms with Crippen LogP contribution in [0.3, 0.4) is 0 Å². The van der Waals surface area contributed by atoms with Crippen LogP contribution in [0, 0.1) is 5.92 Å². The van der Waals surface area contributed by atoms with Gasteiger partial charge in [-0.2, -0.15) is 0 Å². The summed E-state index contributed by atoms with van der Waals surface area (Å²) in [4.78, 5) is 0. The van der Waals surface area contributed by atoms with Gasteiger partial charge in [0, 0.05) is 24.7 Å². The monoisotopic (exact) mass is 416 g/mol. The fourth-order valence-corrected chi connectivity index (χ4v) is 5.04. The zero-order chi connectivity index (χ0) is 20.1. The minimum atomic E-state index is -3.20. The van der Waals surface area contributed by atoms with Crippen LogP contribution in [0.2, 0.25) is 0 Å². The van der Waals surface area contributed by atoms with Crippen LogP contribution in [0.4, 0.5) is 0 Å². The van der Waals surface area contributed by atoms with Crippen molar-refractivity contribution < 1.29 is 17.9 Å². The van der Waals surface area contributed by atoms with Gasteiger partial charge in [0.15, 0.2) is 0 Å². The van der Waals surface area contributed by atoms with E-state index in [4.69, 9.17) is 9.47 Å². The molecule has 0 aromatic heterocycles. The Morgan fingerprint density at radius 1 is 1.14 bits per heavy atom. The van der Waals surface area contributed by atoms with Gasteiger partial charge in [0.25, 0.3) is 0 Å². The van der Waals surface area contributed by atoms with Crippen LogP contribution in [0.1, 0.15) is 30.0 Å². The molecule has 0 radical (unpaired) electrons. The Labute approximate surface area is 172 Å². The molecule has 29 heavy (non-hydrogen) atoms. The molecule has 0 saturated heterocycles. The highest BCUT2D eigenvalue weighted by molar-refractivity contribution is 7.89. The lowest BCUT2D eigenvalue weighted by molar-refractivity contribution is 0.316. The van der Waals surface area contributed by atoms with Crippen LogP contribution >= 0.6 is 0 Å². The van der Waals surface area contributed by atoms with Gasteiger partial charge in [-0.1, -0.05) is 30.3 Å². The van der Waals surface area contributed by atoms with Crippen molar-refractivity contribution in [3.05, 3.63) is 59.7 Å². The highest BCUT2D eigenvalue weighted by Crippen LogP contribution is 2.33. The molecule has 0 amide bonds. The summed E-state index contributed by atoms with van der Waals surface area (Å²) < 4.78 is 38.2. The molecule has 2 aromatic rings. The van der Waals surface area contributed by atoms with Crippen LogP contribution in [0.25, 0.3) is 0 Å². The standard InChI is InChI=1S/C22H28N2O4S/c25-29(26,16-18-6-7-18)24-11-13-27-19-8-9-22-20(15-19)21(23-10-12-28-22)14-17-4-2-1-3-5-17/h1-5,8-9,15,18,21,23-24H,6-7,10-14,16H2.